The molecule has 0 aromatic heterocycles. The molecule has 0 aliphatic carbocycles. The van der Waals surface area contributed by atoms with Crippen LogP contribution in [0.15, 0.2) is 36.4 Å². The highest BCUT2D eigenvalue weighted by atomic mass is 35.5. The van der Waals surface area contributed by atoms with E-state index in [0.717, 1.165) is 0 Å². The molecule has 3 N–H and O–H groups in total. The van der Waals surface area contributed by atoms with Crippen LogP contribution in [0, 0.1) is 0 Å². The van der Waals surface area contributed by atoms with Crippen molar-refractivity contribution in [2.45, 2.75) is 0 Å². The molecule has 6 heteroatoms. The monoisotopic (exact) mass is 310 g/mol. The fourth-order valence-corrected chi connectivity index (χ4v) is 2.02. The molecule has 0 amide bonds. The number of esters is 1. The van der Waals surface area contributed by atoms with E-state index in [1.165, 1.54) is 7.11 Å². The number of rotatable bonds is 3. The highest BCUT2D eigenvalue weighted by molar-refractivity contribution is 6.43. The van der Waals surface area contributed by atoms with Crippen LogP contribution < -0.4 is 11.1 Å². The molecule has 2 aromatic carbocycles. The van der Waals surface area contributed by atoms with Crippen molar-refractivity contribution in [3.05, 3.63) is 52.0 Å². The Morgan fingerprint density at radius 3 is 2.70 bits per heavy atom. The quantitative estimate of drug-likeness (QED) is 0.661. The van der Waals surface area contributed by atoms with E-state index in [9.17, 15) is 4.79 Å². The zero-order valence-corrected chi connectivity index (χ0v) is 12.1. The molecule has 0 fully saturated rings. The van der Waals surface area contributed by atoms with Gasteiger partial charge in [0, 0.05) is 11.4 Å². The maximum absolute atomic E-state index is 11.6. The molecule has 0 saturated heterocycles. The van der Waals surface area contributed by atoms with Gasteiger partial charge in [-0.2, -0.15) is 0 Å². The van der Waals surface area contributed by atoms with Gasteiger partial charge in [0.05, 0.1) is 28.4 Å². The van der Waals surface area contributed by atoms with Crippen molar-refractivity contribution in [2.24, 2.45) is 0 Å². The third kappa shape index (κ3) is 2.98. The first-order valence-electron chi connectivity index (χ1n) is 5.72. The summed E-state index contributed by atoms with van der Waals surface area (Å²) in [6.07, 6.45) is 0. The van der Waals surface area contributed by atoms with E-state index in [1.54, 1.807) is 36.4 Å². The van der Waals surface area contributed by atoms with E-state index < -0.39 is 5.97 Å². The van der Waals surface area contributed by atoms with E-state index in [1.807, 2.05) is 0 Å². The van der Waals surface area contributed by atoms with Crippen LogP contribution in [0.1, 0.15) is 10.4 Å². The molecule has 4 nitrogen and oxygen atoms in total. The number of nitrogens with two attached hydrogens (primary N) is 1. The van der Waals surface area contributed by atoms with Crippen molar-refractivity contribution < 1.29 is 9.53 Å². The molecule has 0 radical (unpaired) electrons. The molecule has 0 unspecified atom stereocenters. The second kappa shape index (κ2) is 6.03. The number of benzene rings is 2. The van der Waals surface area contributed by atoms with Crippen LogP contribution in [-0.4, -0.2) is 13.1 Å². The summed E-state index contributed by atoms with van der Waals surface area (Å²) in [7, 11) is 1.30. The largest absolute Gasteiger partial charge is 0.465 e. The maximum Gasteiger partial charge on any atom is 0.340 e. The summed E-state index contributed by atoms with van der Waals surface area (Å²) in [6, 6.07) is 10.2. The van der Waals surface area contributed by atoms with Crippen molar-refractivity contribution in [2.75, 3.05) is 18.2 Å². The van der Waals surface area contributed by atoms with Gasteiger partial charge in [0.15, 0.2) is 0 Å². The van der Waals surface area contributed by atoms with Gasteiger partial charge < -0.3 is 15.8 Å². The topological polar surface area (TPSA) is 64.3 Å². The van der Waals surface area contributed by atoms with Crippen molar-refractivity contribution in [3.63, 3.8) is 0 Å². The predicted molar refractivity (Wildman–Crippen MR) is 81.9 cm³/mol. The van der Waals surface area contributed by atoms with Crippen LogP contribution in [0.5, 0.6) is 0 Å². The summed E-state index contributed by atoms with van der Waals surface area (Å²) in [5, 5.41) is 3.93. The molecule has 104 valence electrons. The van der Waals surface area contributed by atoms with Crippen LogP contribution in [0.3, 0.4) is 0 Å². The third-order valence-corrected chi connectivity index (χ3v) is 3.51. The summed E-state index contributed by atoms with van der Waals surface area (Å²) in [4.78, 5) is 11.6. The molecule has 0 aliphatic heterocycles. The van der Waals surface area contributed by atoms with E-state index in [4.69, 9.17) is 28.9 Å². The van der Waals surface area contributed by atoms with Gasteiger partial charge in [0.2, 0.25) is 0 Å². The minimum Gasteiger partial charge on any atom is -0.465 e. The molecular weight excluding hydrogens is 299 g/mol. The minimum absolute atomic E-state index is 0.288. The number of nitrogens with one attached hydrogen (secondary N) is 1. The highest BCUT2D eigenvalue weighted by Gasteiger charge is 2.11. The van der Waals surface area contributed by atoms with Crippen LogP contribution in [-0.2, 0) is 4.74 Å². The molecule has 0 atom stereocenters. The second-order valence-electron chi connectivity index (χ2n) is 4.02. The SMILES string of the molecule is COC(=O)c1cc(Nc2cccc(Cl)c2Cl)ccc1N. The van der Waals surface area contributed by atoms with Crippen LogP contribution in [0.4, 0.5) is 17.1 Å². The highest BCUT2D eigenvalue weighted by Crippen LogP contribution is 2.32. The van der Waals surface area contributed by atoms with Gasteiger partial charge in [-0.15, -0.1) is 0 Å². The summed E-state index contributed by atoms with van der Waals surface area (Å²) in [6.45, 7) is 0. The van der Waals surface area contributed by atoms with Gasteiger partial charge >= 0.3 is 5.97 Å². The van der Waals surface area contributed by atoms with Crippen LogP contribution in [0.25, 0.3) is 0 Å². The Bertz CT molecular complexity index is 660. The molecule has 2 aromatic rings. The van der Waals surface area contributed by atoms with E-state index in [0.29, 0.717) is 27.1 Å². The van der Waals surface area contributed by atoms with Gasteiger partial charge in [-0.25, -0.2) is 4.79 Å². The molecule has 0 spiro atoms. The number of hydrogen-bond acceptors (Lipinski definition) is 4. The fraction of sp³-hybridized carbons (Fsp3) is 0.0714. The van der Waals surface area contributed by atoms with Crippen LogP contribution >= 0.6 is 23.2 Å². The average molecular weight is 311 g/mol. The third-order valence-electron chi connectivity index (χ3n) is 2.69. The summed E-state index contributed by atoms with van der Waals surface area (Å²) >= 11 is 12.0. The normalized spacial score (nSPS) is 10.2. The summed E-state index contributed by atoms with van der Waals surface area (Å²) in [5.41, 5.74) is 7.67. The van der Waals surface area contributed by atoms with Crippen molar-refractivity contribution in [1.82, 2.24) is 0 Å². The average Bonchev–Trinajstić information content (AvgIpc) is 2.45. The number of methoxy groups -OCH3 is 1. The minimum atomic E-state index is -0.497. The second-order valence-corrected chi connectivity index (χ2v) is 4.81. The van der Waals surface area contributed by atoms with Gasteiger partial charge in [-0.05, 0) is 30.3 Å². The van der Waals surface area contributed by atoms with E-state index in [2.05, 4.69) is 10.1 Å². The summed E-state index contributed by atoms with van der Waals surface area (Å²) < 4.78 is 4.67. The molecule has 20 heavy (non-hydrogen) atoms. The van der Waals surface area contributed by atoms with Crippen molar-refractivity contribution in [3.8, 4) is 0 Å². The lowest BCUT2D eigenvalue weighted by Gasteiger charge is -2.11. The maximum atomic E-state index is 11.6. The first kappa shape index (κ1) is 14.5. The number of ether oxygens (including phenoxy) is 1. The van der Waals surface area contributed by atoms with Gasteiger partial charge in [0.1, 0.15) is 0 Å². The molecular formula is C14H12Cl2N2O2. The smallest absolute Gasteiger partial charge is 0.340 e. The Labute approximate surface area is 126 Å². The van der Waals surface area contributed by atoms with Gasteiger partial charge in [-0.3, -0.25) is 0 Å². The summed E-state index contributed by atoms with van der Waals surface area (Å²) in [5.74, 6) is -0.497. The molecule has 0 aliphatic rings. The van der Waals surface area contributed by atoms with Crippen molar-refractivity contribution >= 4 is 46.2 Å². The fourth-order valence-electron chi connectivity index (χ4n) is 1.68. The number of carbonyl (C=O) groups excluding carboxylic acids is 1. The van der Waals surface area contributed by atoms with Crippen LogP contribution in [0.2, 0.25) is 10.0 Å². The molecule has 0 bridgehead atoms. The lowest BCUT2D eigenvalue weighted by Crippen LogP contribution is -2.06. The first-order valence-corrected chi connectivity index (χ1v) is 6.47. The standard InChI is InChI=1S/C14H12Cl2N2O2/c1-20-14(19)9-7-8(5-6-11(9)17)18-12-4-2-3-10(15)13(12)16/h2-7,18H,17H2,1H3. The molecule has 2 rings (SSSR count). The van der Waals surface area contributed by atoms with E-state index >= 15 is 0 Å². The number of nitrogen functional groups attached to an aromatic ring is 1. The predicted octanol–water partition coefficient (Wildman–Crippen LogP) is 4.11. The lowest BCUT2D eigenvalue weighted by atomic mass is 10.1. The number of carbonyl (C=O) groups is 1. The number of hydrogen-bond donors (Lipinski definition) is 2. The molecule has 0 saturated carbocycles. The molecule has 0 heterocycles. The lowest BCUT2D eigenvalue weighted by molar-refractivity contribution is 0.0602. The Morgan fingerprint density at radius 2 is 2.00 bits per heavy atom. The number of halogens is 2. The first-order chi connectivity index (χ1) is 9.52. The van der Waals surface area contributed by atoms with Gasteiger partial charge in [0.25, 0.3) is 0 Å². The van der Waals surface area contributed by atoms with Gasteiger partial charge in [-0.1, -0.05) is 29.3 Å². The zero-order chi connectivity index (χ0) is 14.7. The Morgan fingerprint density at radius 1 is 1.25 bits per heavy atom. The zero-order valence-electron chi connectivity index (χ0n) is 10.6. The Kier molecular flexibility index (Phi) is 4.37. The van der Waals surface area contributed by atoms with Crippen molar-refractivity contribution in [1.29, 1.82) is 0 Å². The Hall–Kier alpha value is -1.91. The number of anilines is 3. The van der Waals surface area contributed by atoms with E-state index in [-0.39, 0.29) is 5.56 Å². The Balaban J connectivity index is 2.35.